The summed E-state index contributed by atoms with van der Waals surface area (Å²) in [6, 6.07) is 7.29. The van der Waals surface area contributed by atoms with Crippen LogP contribution < -0.4 is 14.4 Å². The number of sulfone groups is 1. The molecule has 0 saturated carbocycles. The van der Waals surface area contributed by atoms with E-state index in [2.05, 4.69) is 14.9 Å². The Bertz CT molecular complexity index is 807. The molecule has 2 aromatic rings. The molecule has 0 aliphatic carbocycles. The second-order valence-electron chi connectivity index (χ2n) is 6.00. The maximum atomic E-state index is 11.6. The largest absolute Gasteiger partial charge is 0.494 e. The smallest absolute Gasteiger partial charge is 0.316 e. The Morgan fingerprint density at radius 2 is 1.84 bits per heavy atom. The number of piperidine rings is 1. The van der Waals surface area contributed by atoms with Crippen LogP contribution in [0.1, 0.15) is 12.8 Å². The first-order valence-electron chi connectivity index (χ1n) is 8.03. The molecule has 7 nitrogen and oxygen atoms in total. The van der Waals surface area contributed by atoms with Gasteiger partial charge in [-0.25, -0.2) is 8.42 Å². The molecule has 25 heavy (non-hydrogen) atoms. The van der Waals surface area contributed by atoms with E-state index in [-0.39, 0.29) is 6.10 Å². The molecular weight excluding hydrogens is 342 g/mol. The van der Waals surface area contributed by atoms with Gasteiger partial charge in [0.15, 0.2) is 15.6 Å². The minimum atomic E-state index is -3.18. The number of aromatic nitrogens is 2. The molecule has 0 N–H and O–H groups in total. The van der Waals surface area contributed by atoms with Crippen molar-refractivity contribution in [3.63, 3.8) is 0 Å². The lowest BCUT2D eigenvalue weighted by molar-refractivity contribution is 0.164. The molecule has 1 aromatic heterocycles. The number of methoxy groups -OCH3 is 1. The fraction of sp³-hybridized carbons (Fsp3) is 0.412. The van der Waals surface area contributed by atoms with Crippen LogP contribution in [0.5, 0.6) is 11.8 Å². The van der Waals surface area contributed by atoms with E-state index in [0.717, 1.165) is 25.1 Å². The molecule has 0 amide bonds. The SMILES string of the molecule is COc1cnc(OC2CCCN(c3ccc(S(C)(=O)=O)cc3)C2)nc1. The summed E-state index contributed by atoms with van der Waals surface area (Å²) in [4.78, 5) is 10.8. The van der Waals surface area contributed by atoms with E-state index in [0.29, 0.717) is 23.2 Å². The number of anilines is 1. The van der Waals surface area contributed by atoms with Gasteiger partial charge >= 0.3 is 6.01 Å². The molecule has 3 rings (SSSR count). The second kappa shape index (κ2) is 7.26. The number of hydrogen-bond donors (Lipinski definition) is 0. The number of nitrogens with zero attached hydrogens (tertiary/aromatic N) is 3. The molecule has 1 aliphatic heterocycles. The summed E-state index contributed by atoms with van der Waals surface area (Å²) in [5.41, 5.74) is 0.983. The van der Waals surface area contributed by atoms with Crippen molar-refractivity contribution in [3.05, 3.63) is 36.7 Å². The number of hydrogen-bond acceptors (Lipinski definition) is 7. The van der Waals surface area contributed by atoms with Crippen molar-refractivity contribution in [1.29, 1.82) is 0 Å². The van der Waals surface area contributed by atoms with Crippen LogP contribution in [0, 0.1) is 0 Å². The van der Waals surface area contributed by atoms with Crippen molar-refractivity contribution < 1.29 is 17.9 Å². The van der Waals surface area contributed by atoms with Gasteiger partial charge in [0.2, 0.25) is 0 Å². The molecule has 2 heterocycles. The molecule has 0 spiro atoms. The van der Waals surface area contributed by atoms with E-state index in [4.69, 9.17) is 9.47 Å². The molecule has 0 bridgehead atoms. The predicted octanol–water partition coefficient (Wildman–Crippen LogP) is 1.94. The summed E-state index contributed by atoms with van der Waals surface area (Å²) in [5, 5.41) is 0. The predicted molar refractivity (Wildman–Crippen MR) is 94.0 cm³/mol. The molecule has 134 valence electrons. The maximum Gasteiger partial charge on any atom is 0.316 e. The Balaban J connectivity index is 1.66. The van der Waals surface area contributed by atoms with Gasteiger partial charge in [-0.15, -0.1) is 0 Å². The van der Waals surface area contributed by atoms with Crippen LogP contribution in [0.15, 0.2) is 41.6 Å². The average Bonchev–Trinajstić information content (AvgIpc) is 2.62. The highest BCUT2D eigenvalue weighted by Crippen LogP contribution is 2.23. The van der Waals surface area contributed by atoms with Gasteiger partial charge in [0.25, 0.3) is 0 Å². The van der Waals surface area contributed by atoms with Gasteiger partial charge in [-0.1, -0.05) is 0 Å². The van der Waals surface area contributed by atoms with Gasteiger partial charge in [0.1, 0.15) is 6.10 Å². The fourth-order valence-electron chi connectivity index (χ4n) is 2.79. The molecule has 1 fully saturated rings. The van der Waals surface area contributed by atoms with Crippen LogP contribution in [-0.4, -0.2) is 50.9 Å². The third-order valence-corrected chi connectivity index (χ3v) is 5.25. The van der Waals surface area contributed by atoms with Crippen LogP contribution in [-0.2, 0) is 9.84 Å². The van der Waals surface area contributed by atoms with E-state index < -0.39 is 9.84 Å². The van der Waals surface area contributed by atoms with Crippen molar-refractivity contribution in [1.82, 2.24) is 9.97 Å². The van der Waals surface area contributed by atoms with Crippen LogP contribution in [0.4, 0.5) is 5.69 Å². The Kier molecular flexibility index (Phi) is 5.08. The van der Waals surface area contributed by atoms with E-state index in [1.54, 1.807) is 31.6 Å². The fourth-order valence-corrected chi connectivity index (χ4v) is 3.42. The highest BCUT2D eigenvalue weighted by Gasteiger charge is 2.22. The molecule has 8 heteroatoms. The van der Waals surface area contributed by atoms with E-state index >= 15 is 0 Å². The van der Waals surface area contributed by atoms with Gasteiger partial charge in [0.05, 0.1) is 30.9 Å². The highest BCUT2D eigenvalue weighted by molar-refractivity contribution is 7.90. The quantitative estimate of drug-likeness (QED) is 0.803. The second-order valence-corrected chi connectivity index (χ2v) is 8.02. The molecule has 1 unspecified atom stereocenters. The van der Waals surface area contributed by atoms with Crippen LogP contribution in [0.3, 0.4) is 0 Å². The van der Waals surface area contributed by atoms with Gasteiger partial charge in [-0.05, 0) is 37.1 Å². The van der Waals surface area contributed by atoms with E-state index in [1.807, 2.05) is 12.1 Å². The maximum absolute atomic E-state index is 11.6. The van der Waals surface area contributed by atoms with Crippen molar-refractivity contribution in [2.45, 2.75) is 23.8 Å². The van der Waals surface area contributed by atoms with Gasteiger partial charge < -0.3 is 14.4 Å². The summed E-state index contributed by atoms with van der Waals surface area (Å²) in [7, 11) is -1.61. The molecule has 0 radical (unpaired) electrons. The zero-order valence-corrected chi connectivity index (χ0v) is 15.1. The van der Waals surface area contributed by atoms with E-state index in [9.17, 15) is 8.42 Å². The highest BCUT2D eigenvalue weighted by atomic mass is 32.2. The molecule has 1 saturated heterocycles. The third kappa shape index (κ3) is 4.39. The van der Waals surface area contributed by atoms with E-state index in [1.165, 1.54) is 6.26 Å². The molecule has 1 aliphatic rings. The lowest BCUT2D eigenvalue weighted by atomic mass is 10.1. The van der Waals surface area contributed by atoms with Crippen molar-refractivity contribution in [2.75, 3.05) is 31.4 Å². The number of benzene rings is 1. The molecular formula is C17H21N3O4S. The van der Waals surface area contributed by atoms with Gasteiger partial charge in [-0.3, -0.25) is 0 Å². The number of rotatable bonds is 5. The lowest BCUT2D eigenvalue weighted by Crippen LogP contribution is -2.41. The minimum Gasteiger partial charge on any atom is -0.494 e. The summed E-state index contributed by atoms with van der Waals surface area (Å²) >= 11 is 0. The Morgan fingerprint density at radius 3 is 2.44 bits per heavy atom. The number of ether oxygens (including phenoxy) is 2. The minimum absolute atomic E-state index is 0.0169. The normalized spacial score (nSPS) is 18.0. The zero-order valence-electron chi connectivity index (χ0n) is 14.3. The average molecular weight is 363 g/mol. The summed E-state index contributed by atoms with van der Waals surface area (Å²) in [5.74, 6) is 0.587. The molecule has 1 aromatic carbocycles. The van der Waals surface area contributed by atoms with Crippen LogP contribution >= 0.6 is 0 Å². The van der Waals surface area contributed by atoms with Gasteiger partial charge in [0, 0.05) is 18.5 Å². The lowest BCUT2D eigenvalue weighted by Gasteiger charge is -2.34. The van der Waals surface area contributed by atoms with Crippen LogP contribution in [0.2, 0.25) is 0 Å². The topological polar surface area (TPSA) is 81.6 Å². The first kappa shape index (κ1) is 17.5. The van der Waals surface area contributed by atoms with Crippen molar-refractivity contribution in [2.24, 2.45) is 0 Å². The van der Waals surface area contributed by atoms with Crippen LogP contribution in [0.25, 0.3) is 0 Å². The van der Waals surface area contributed by atoms with Crippen molar-refractivity contribution in [3.8, 4) is 11.8 Å². The first-order valence-corrected chi connectivity index (χ1v) is 9.92. The zero-order chi connectivity index (χ0) is 17.9. The standard InChI is InChI=1S/C17H21N3O4S/c1-23-15-10-18-17(19-11-15)24-14-4-3-9-20(12-14)13-5-7-16(8-6-13)25(2,21)22/h5-8,10-11,14H,3-4,9,12H2,1-2H3. The molecule has 1 atom stereocenters. The summed E-state index contributed by atoms with van der Waals surface area (Å²) in [6.07, 6.45) is 6.25. The summed E-state index contributed by atoms with van der Waals surface area (Å²) in [6.45, 7) is 1.61. The Labute approximate surface area is 147 Å². The first-order chi connectivity index (χ1) is 12.0. The Morgan fingerprint density at radius 1 is 1.16 bits per heavy atom. The summed E-state index contributed by atoms with van der Waals surface area (Å²) < 4.78 is 34.0. The van der Waals surface area contributed by atoms with Gasteiger partial charge in [-0.2, -0.15) is 9.97 Å². The third-order valence-electron chi connectivity index (χ3n) is 4.12. The van der Waals surface area contributed by atoms with Crippen molar-refractivity contribution >= 4 is 15.5 Å². The Hall–Kier alpha value is -2.35. The monoisotopic (exact) mass is 363 g/mol.